The van der Waals surface area contributed by atoms with Crippen molar-refractivity contribution in [1.82, 2.24) is 19.0 Å². The second-order valence-corrected chi connectivity index (χ2v) is 11.0. The first-order valence-corrected chi connectivity index (χ1v) is 13.2. The third-order valence-electron chi connectivity index (χ3n) is 8.52. The quantitative estimate of drug-likeness (QED) is 0.579. The van der Waals surface area contributed by atoms with E-state index in [1.54, 1.807) is 0 Å². The summed E-state index contributed by atoms with van der Waals surface area (Å²) in [7, 11) is 0. The van der Waals surface area contributed by atoms with Gasteiger partial charge in [-0.1, -0.05) is 36.4 Å². The van der Waals surface area contributed by atoms with Crippen LogP contribution in [0.4, 0.5) is 0 Å². The van der Waals surface area contributed by atoms with E-state index in [4.69, 9.17) is 4.74 Å². The third-order valence-corrected chi connectivity index (χ3v) is 9.08. The summed E-state index contributed by atoms with van der Waals surface area (Å²) in [5.41, 5.74) is 4.81. The third kappa shape index (κ3) is 4.25. The Kier molecular flexibility index (Phi) is 5.87. The lowest BCUT2D eigenvalue weighted by Gasteiger charge is -2.38. The van der Waals surface area contributed by atoms with Gasteiger partial charge in [-0.25, -0.2) is 0 Å². The molecular weight excluding hydrogens is 444 g/mol. The van der Waals surface area contributed by atoms with E-state index >= 15 is 0 Å². The topological polar surface area (TPSA) is 67.3 Å². The fourth-order valence-corrected chi connectivity index (χ4v) is 6.63. The lowest BCUT2D eigenvalue weighted by atomic mass is 9.74. The van der Waals surface area contributed by atoms with Crippen molar-refractivity contribution in [2.24, 2.45) is 11.3 Å². The molecule has 34 heavy (non-hydrogen) atoms. The molecule has 7 heteroatoms. The first kappa shape index (κ1) is 22.1. The first-order valence-electron chi connectivity index (χ1n) is 12.5. The number of amides is 1. The summed E-state index contributed by atoms with van der Waals surface area (Å²) in [6.07, 6.45) is 5.20. The Morgan fingerprint density at radius 1 is 1.03 bits per heavy atom. The number of hydrogen-bond acceptors (Lipinski definition) is 6. The molecular formula is C27H32N4O2S. The number of likely N-dealkylation sites (tertiary alicyclic amines) is 1. The van der Waals surface area contributed by atoms with E-state index in [-0.39, 0.29) is 22.7 Å². The molecule has 0 unspecified atom stereocenters. The van der Waals surface area contributed by atoms with E-state index in [2.05, 4.69) is 67.5 Å². The van der Waals surface area contributed by atoms with Gasteiger partial charge in [-0.3, -0.25) is 9.69 Å². The molecule has 1 aliphatic carbocycles. The lowest BCUT2D eigenvalue weighted by Crippen LogP contribution is -2.45. The molecule has 6 nitrogen and oxygen atoms in total. The Morgan fingerprint density at radius 3 is 2.59 bits per heavy atom. The largest absolute Gasteiger partial charge is 0.381 e. The van der Waals surface area contributed by atoms with Gasteiger partial charge in [0.15, 0.2) is 0 Å². The maximum absolute atomic E-state index is 13.2. The molecule has 1 spiro atoms. The van der Waals surface area contributed by atoms with E-state index in [1.165, 1.54) is 22.9 Å². The minimum atomic E-state index is -0.00544. The summed E-state index contributed by atoms with van der Waals surface area (Å²) in [5, 5.41) is 3.37. The molecule has 3 fully saturated rings. The molecule has 1 saturated carbocycles. The van der Waals surface area contributed by atoms with Crippen molar-refractivity contribution in [1.29, 1.82) is 0 Å². The molecule has 2 saturated heterocycles. The van der Waals surface area contributed by atoms with Gasteiger partial charge in [-0.2, -0.15) is 8.75 Å². The molecule has 0 bridgehead atoms. The van der Waals surface area contributed by atoms with Crippen LogP contribution < -0.4 is 5.32 Å². The predicted molar refractivity (Wildman–Crippen MR) is 134 cm³/mol. The van der Waals surface area contributed by atoms with Crippen LogP contribution in [0.1, 0.15) is 43.2 Å². The number of carbonyl (C=O) groups is 1. The highest BCUT2D eigenvalue weighted by Gasteiger charge is 2.58. The number of carbonyl (C=O) groups excluding carboxylic acids is 1. The fraction of sp³-hybridized carbons (Fsp3) is 0.519. The van der Waals surface area contributed by atoms with Crippen LogP contribution in [0.3, 0.4) is 0 Å². The molecule has 1 amide bonds. The van der Waals surface area contributed by atoms with Gasteiger partial charge in [-0.15, -0.1) is 0 Å². The van der Waals surface area contributed by atoms with Gasteiger partial charge in [0.1, 0.15) is 11.0 Å². The van der Waals surface area contributed by atoms with Gasteiger partial charge in [-0.05, 0) is 73.9 Å². The number of benzene rings is 2. The summed E-state index contributed by atoms with van der Waals surface area (Å²) in [6.45, 7) is 5.30. The summed E-state index contributed by atoms with van der Waals surface area (Å²) >= 11 is 1.27. The molecule has 2 aliphatic heterocycles. The maximum Gasteiger partial charge on any atom is 0.223 e. The van der Waals surface area contributed by atoms with Crippen molar-refractivity contribution in [2.45, 2.75) is 44.1 Å². The van der Waals surface area contributed by atoms with Crippen molar-refractivity contribution < 1.29 is 9.53 Å². The normalized spacial score (nSPS) is 23.7. The average molecular weight is 477 g/mol. The minimum absolute atomic E-state index is 0.00544. The number of hydrogen-bond donors (Lipinski definition) is 1. The van der Waals surface area contributed by atoms with Gasteiger partial charge < -0.3 is 10.1 Å². The number of nitrogens with one attached hydrogen (secondary N) is 1. The van der Waals surface area contributed by atoms with Crippen LogP contribution in [0.2, 0.25) is 0 Å². The van der Waals surface area contributed by atoms with Crippen LogP contribution in [0.25, 0.3) is 11.0 Å². The van der Waals surface area contributed by atoms with Gasteiger partial charge in [0.2, 0.25) is 5.91 Å². The molecule has 178 valence electrons. The highest BCUT2D eigenvalue weighted by molar-refractivity contribution is 7.00. The highest BCUT2D eigenvalue weighted by Crippen LogP contribution is 2.59. The smallest absolute Gasteiger partial charge is 0.223 e. The summed E-state index contributed by atoms with van der Waals surface area (Å²) < 4.78 is 14.3. The maximum atomic E-state index is 13.2. The van der Waals surface area contributed by atoms with E-state index in [0.29, 0.717) is 6.54 Å². The number of rotatable bonds is 6. The monoisotopic (exact) mass is 476 g/mol. The van der Waals surface area contributed by atoms with Crippen molar-refractivity contribution in [3.8, 4) is 0 Å². The van der Waals surface area contributed by atoms with Gasteiger partial charge in [0, 0.05) is 37.6 Å². The standard InChI is InChI=1S/C27H32N4O2S/c32-25(28-19-27(10-14-33-15-11-27)21-4-2-1-3-5-21)22-17-26(22)8-12-31(13-9-26)18-20-6-7-23-24(16-20)30-34-29-23/h1-7,16,22H,8-15,17-19H2,(H,28,32)/t22-/m1/s1. The van der Waals surface area contributed by atoms with E-state index in [9.17, 15) is 4.79 Å². The molecule has 3 aliphatic rings. The number of fused-ring (bicyclic) bond motifs is 1. The van der Waals surface area contributed by atoms with Crippen LogP contribution in [0, 0.1) is 11.3 Å². The number of nitrogens with zero attached hydrogens (tertiary/aromatic N) is 3. The van der Waals surface area contributed by atoms with Crippen molar-refractivity contribution in [3.63, 3.8) is 0 Å². The number of aromatic nitrogens is 2. The Balaban J connectivity index is 1.03. The second-order valence-electron chi connectivity index (χ2n) is 10.5. The molecule has 1 N–H and O–H groups in total. The molecule has 1 atom stereocenters. The van der Waals surface area contributed by atoms with E-state index in [1.807, 2.05) is 0 Å². The van der Waals surface area contributed by atoms with Gasteiger partial charge in [0.05, 0.1) is 11.7 Å². The zero-order chi connectivity index (χ0) is 23.0. The zero-order valence-electron chi connectivity index (χ0n) is 19.5. The second kappa shape index (κ2) is 9.02. The van der Waals surface area contributed by atoms with Crippen molar-refractivity contribution in [3.05, 3.63) is 59.7 Å². The van der Waals surface area contributed by atoms with Gasteiger partial charge in [0.25, 0.3) is 0 Å². The number of piperidine rings is 1. The average Bonchev–Trinajstić information content (AvgIpc) is 3.38. The first-order chi connectivity index (χ1) is 16.7. The van der Waals surface area contributed by atoms with Crippen LogP contribution in [-0.2, 0) is 21.5 Å². The Bertz CT molecular complexity index is 1150. The zero-order valence-corrected chi connectivity index (χ0v) is 20.4. The summed E-state index contributed by atoms with van der Waals surface area (Å²) in [5.74, 6) is 0.441. The summed E-state index contributed by atoms with van der Waals surface area (Å²) in [6, 6.07) is 17.1. The van der Waals surface area contributed by atoms with Crippen LogP contribution >= 0.6 is 11.7 Å². The molecule has 0 radical (unpaired) electrons. The predicted octanol–water partition coefficient (Wildman–Crippen LogP) is 4.16. The van der Waals surface area contributed by atoms with E-state index < -0.39 is 0 Å². The van der Waals surface area contributed by atoms with Crippen LogP contribution in [-0.4, -0.2) is 52.4 Å². The van der Waals surface area contributed by atoms with Crippen LogP contribution in [0.15, 0.2) is 48.5 Å². The van der Waals surface area contributed by atoms with Crippen LogP contribution in [0.5, 0.6) is 0 Å². The number of ether oxygens (including phenoxy) is 1. The minimum Gasteiger partial charge on any atom is -0.381 e. The molecule has 1 aromatic heterocycles. The SMILES string of the molecule is O=C(NCC1(c2ccccc2)CCOCC1)[C@H]1CC12CCN(Cc1ccc3nsnc3c1)CC2. The molecule has 3 aromatic rings. The Morgan fingerprint density at radius 2 is 1.79 bits per heavy atom. The van der Waals surface area contributed by atoms with E-state index in [0.717, 1.165) is 76.0 Å². The Labute approximate surface area is 205 Å². The Hall–Kier alpha value is -2.35. The lowest BCUT2D eigenvalue weighted by molar-refractivity contribution is -0.124. The fourth-order valence-electron chi connectivity index (χ4n) is 6.11. The summed E-state index contributed by atoms with van der Waals surface area (Å²) in [4.78, 5) is 15.7. The molecule has 6 rings (SSSR count). The van der Waals surface area contributed by atoms with Crippen molar-refractivity contribution >= 4 is 28.7 Å². The van der Waals surface area contributed by atoms with Crippen molar-refractivity contribution in [2.75, 3.05) is 32.8 Å². The highest BCUT2D eigenvalue weighted by atomic mass is 32.1. The molecule has 3 heterocycles. The molecule has 2 aromatic carbocycles. The van der Waals surface area contributed by atoms with Gasteiger partial charge >= 0.3 is 0 Å².